The third-order valence-corrected chi connectivity index (χ3v) is 4.96. The normalized spacial score (nSPS) is 17.1. The Bertz CT molecular complexity index is 727. The van der Waals surface area contributed by atoms with Crippen molar-refractivity contribution in [3.63, 3.8) is 0 Å². The van der Waals surface area contributed by atoms with E-state index in [-0.39, 0.29) is 5.91 Å². The number of nitrogens with zero attached hydrogens (tertiary/aromatic N) is 3. The van der Waals surface area contributed by atoms with Crippen molar-refractivity contribution in [1.82, 2.24) is 20.4 Å². The number of likely N-dealkylation sites (tertiary alicyclic amines) is 1. The molecule has 3 rings (SSSR count). The first-order chi connectivity index (χ1) is 13.2. The number of ether oxygens (including phenoxy) is 1. The molecule has 2 aromatic rings. The van der Waals surface area contributed by atoms with Crippen LogP contribution in [0.4, 0.5) is 0 Å². The summed E-state index contributed by atoms with van der Waals surface area (Å²) in [5.41, 5.74) is 0.880. The van der Waals surface area contributed by atoms with Crippen molar-refractivity contribution < 1.29 is 14.1 Å². The number of carbonyl (C=O) groups excluding carboxylic acids is 1. The highest BCUT2D eigenvalue weighted by Gasteiger charge is 2.22. The van der Waals surface area contributed by atoms with E-state index in [0.717, 1.165) is 43.8 Å². The van der Waals surface area contributed by atoms with Crippen LogP contribution >= 0.6 is 0 Å². The molecule has 7 heteroatoms. The van der Waals surface area contributed by atoms with E-state index >= 15 is 0 Å². The molecule has 0 bridgehead atoms. The van der Waals surface area contributed by atoms with Crippen molar-refractivity contribution in [2.24, 2.45) is 5.92 Å². The zero-order valence-corrected chi connectivity index (χ0v) is 16.1. The highest BCUT2D eigenvalue weighted by molar-refractivity contribution is 5.76. The van der Waals surface area contributed by atoms with Crippen LogP contribution in [0.25, 0.3) is 11.4 Å². The number of aromatic nitrogens is 2. The van der Waals surface area contributed by atoms with E-state index in [9.17, 15) is 4.79 Å². The minimum atomic E-state index is 0.227. The van der Waals surface area contributed by atoms with Crippen LogP contribution in [0.5, 0.6) is 5.75 Å². The molecule has 146 valence electrons. The van der Waals surface area contributed by atoms with Gasteiger partial charge in [0, 0.05) is 31.5 Å². The van der Waals surface area contributed by atoms with Gasteiger partial charge in [0.25, 0.3) is 0 Å². The summed E-state index contributed by atoms with van der Waals surface area (Å²) in [6.07, 6.45) is 4.14. The summed E-state index contributed by atoms with van der Waals surface area (Å²) in [4.78, 5) is 18.9. The van der Waals surface area contributed by atoms with Crippen molar-refractivity contribution in [3.8, 4) is 17.1 Å². The highest BCUT2D eigenvalue weighted by Crippen LogP contribution is 2.21. The SMILES string of the molecule is CNCC1CCCN(C(=O)CCCc2nc(-c3ccc(OC)cc3)no2)C1. The number of carbonyl (C=O) groups is 1. The molecule has 27 heavy (non-hydrogen) atoms. The third kappa shape index (κ3) is 5.29. The Hall–Kier alpha value is -2.41. The van der Waals surface area contributed by atoms with Crippen LogP contribution in [-0.2, 0) is 11.2 Å². The van der Waals surface area contributed by atoms with Gasteiger partial charge in [0.05, 0.1) is 7.11 Å². The van der Waals surface area contributed by atoms with Gasteiger partial charge in [-0.1, -0.05) is 5.16 Å². The minimum absolute atomic E-state index is 0.227. The predicted molar refractivity (Wildman–Crippen MR) is 102 cm³/mol. The van der Waals surface area contributed by atoms with E-state index in [2.05, 4.69) is 15.5 Å². The second kappa shape index (κ2) is 9.50. The van der Waals surface area contributed by atoms with Gasteiger partial charge in [-0.15, -0.1) is 0 Å². The van der Waals surface area contributed by atoms with Crippen LogP contribution in [0.1, 0.15) is 31.6 Å². The zero-order valence-electron chi connectivity index (χ0n) is 16.1. The summed E-state index contributed by atoms with van der Waals surface area (Å²) >= 11 is 0. The number of piperidine rings is 1. The Morgan fingerprint density at radius 2 is 2.19 bits per heavy atom. The van der Waals surface area contributed by atoms with Gasteiger partial charge >= 0.3 is 0 Å². The number of aryl methyl sites for hydroxylation is 1. The molecule has 1 N–H and O–H groups in total. The molecule has 1 aromatic heterocycles. The highest BCUT2D eigenvalue weighted by atomic mass is 16.5. The lowest BCUT2D eigenvalue weighted by molar-refractivity contribution is -0.133. The summed E-state index contributed by atoms with van der Waals surface area (Å²) in [6.45, 7) is 2.71. The number of amides is 1. The van der Waals surface area contributed by atoms with Gasteiger partial charge in [0.1, 0.15) is 5.75 Å². The first kappa shape index (κ1) is 19.4. The molecule has 1 aliphatic rings. The maximum atomic E-state index is 12.5. The number of hydrogen-bond donors (Lipinski definition) is 1. The third-order valence-electron chi connectivity index (χ3n) is 4.96. The van der Waals surface area contributed by atoms with Crippen LogP contribution in [-0.4, -0.2) is 54.7 Å². The Morgan fingerprint density at radius 1 is 1.37 bits per heavy atom. The lowest BCUT2D eigenvalue weighted by Crippen LogP contribution is -2.42. The summed E-state index contributed by atoms with van der Waals surface area (Å²) < 4.78 is 10.5. The molecule has 0 spiro atoms. The number of benzene rings is 1. The molecule has 1 saturated heterocycles. The van der Waals surface area contributed by atoms with Crippen LogP contribution in [0.3, 0.4) is 0 Å². The average Bonchev–Trinajstić information content (AvgIpc) is 3.17. The lowest BCUT2D eigenvalue weighted by atomic mass is 9.97. The van der Waals surface area contributed by atoms with Gasteiger partial charge in [-0.2, -0.15) is 4.98 Å². The smallest absolute Gasteiger partial charge is 0.226 e. The predicted octanol–water partition coefficient (Wildman–Crippen LogP) is 2.53. The summed E-state index contributed by atoms with van der Waals surface area (Å²) in [5.74, 6) is 2.71. The van der Waals surface area contributed by atoms with E-state index in [1.807, 2.05) is 36.2 Å². The molecular weight excluding hydrogens is 344 g/mol. The van der Waals surface area contributed by atoms with Crippen LogP contribution in [0.2, 0.25) is 0 Å². The van der Waals surface area contributed by atoms with Crippen molar-refractivity contribution in [2.45, 2.75) is 32.1 Å². The van der Waals surface area contributed by atoms with Gasteiger partial charge < -0.3 is 19.5 Å². The molecule has 1 unspecified atom stereocenters. The van der Waals surface area contributed by atoms with Gasteiger partial charge in [-0.3, -0.25) is 4.79 Å². The fourth-order valence-electron chi connectivity index (χ4n) is 3.51. The Morgan fingerprint density at radius 3 is 2.93 bits per heavy atom. The number of nitrogens with one attached hydrogen (secondary N) is 1. The quantitative estimate of drug-likeness (QED) is 0.767. The fourth-order valence-corrected chi connectivity index (χ4v) is 3.51. The largest absolute Gasteiger partial charge is 0.497 e. The molecular formula is C20H28N4O3. The molecule has 1 amide bonds. The van der Waals surface area contributed by atoms with E-state index in [0.29, 0.717) is 30.5 Å². The van der Waals surface area contributed by atoms with Crippen LogP contribution in [0, 0.1) is 5.92 Å². The Kier molecular flexibility index (Phi) is 6.81. The van der Waals surface area contributed by atoms with E-state index in [1.54, 1.807) is 7.11 Å². The molecule has 1 aliphatic heterocycles. The topological polar surface area (TPSA) is 80.5 Å². The number of methoxy groups -OCH3 is 1. The second-order valence-electron chi connectivity index (χ2n) is 7.00. The fraction of sp³-hybridized carbons (Fsp3) is 0.550. The zero-order chi connectivity index (χ0) is 19.1. The molecule has 0 saturated carbocycles. The first-order valence-electron chi connectivity index (χ1n) is 9.59. The average molecular weight is 372 g/mol. The van der Waals surface area contributed by atoms with Crippen molar-refractivity contribution >= 4 is 5.91 Å². The van der Waals surface area contributed by atoms with Gasteiger partial charge in [-0.05, 0) is 63.0 Å². The Balaban J connectivity index is 1.46. The maximum absolute atomic E-state index is 12.5. The first-order valence-corrected chi connectivity index (χ1v) is 9.59. The maximum Gasteiger partial charge on any atom is 0.226 e. The number of rotatable bonds is 8. The Labute approximate surface area is 160 Å². The van der Waals surface area contributed by atoms with Gasteiger partial charge in [0.2, 0.25) is 17.6 Å². The lowest BCUT2D eigenvalue weighted by Gasteiger charge is -2.32. The standard InChI is InChI=1S/C20H28N4O3/c1-21-13-15-5-4-12-24(14-15)19(25)7-3-6-18-22-20(23-27-18)16-8-10-17(26-2)11-9-16/h8-11,15,21H,3-7,12-14H2,1-2H3. The van der Waals surface area contributed by atoms with Gasteiger partial charge in [-0.25, -0.2) is 0 Å². The van der Waals surface area contributed by atoms with Crippen molar-refractivity contribution in [3.05, 3.63) is 30.2 Å². The molecule has 0 aliphatic carbocycles. The molecule has 1 atom stereocenters. The molecule has 0 radical (unpaired) electrons. The van der Waals surface area contributed by atoms with Crippen molar-refractivity contribution in [2.75, 3.05) is 33.8 Å². The molecule has 7 nitrogen and oxygen atoms in total. The van der Waals surface area contributed by atoms with Crippen LogP contribution in [0.15, 0.2) is 28.8 Å². The summed E-state index contributed by atoms with van der Waals surface area (Å²) in [7, 11) is 3.60. The molecule has 1 fully saturated rings. The van der Waals surface area contributed by atoms with Crippen LogP contribution < -0.4 is 10.1 Å². The van der Waals surface area contributed by atoms with E-state index < -0.39 is 0 Å². The molecule has 2 heterocycles. The van der Waals surface area contributed by atoms with Crippen molar-refractivity contribution in [1.29, 1.82) is 0 Å². The summed E-state index contributed by atoms with van der Waals surface area (Å²) in [6, 6.07) is 7.53. The van der Waals surface area contributed by atoms with Gasteiger partial charge in [0.15, 0.2) is 0 Å². The van der Waals surface area contributed by atoms with E-state index in [4.69, 9.17) is 9.26 Å². The molecule has 1 aromatic carbocycles. The second-order valence-corrected chi connectivity index (χ2v) is 7.00. The van der Waals surface area contributed by atoms with E-state index in [1.165, 1.54) is 6.42 Å². The minimum Gasteiger partial charge on any atom is -0.497 e. The monoisotopic (exact) mass is 372 g/mol. The number of hydrogen-bond acceptors (Lipinski definition) is 6. The summed E-state index contributed by atoms with van der Waals surface area (Å²) in [5, 5.41) is 7.24.